The van der Waals surface area contributed by atoms with Crippen LogP contribution in [0.25, 0.3) is 0 Å². The van der Waals surface area contributed by atoms with E-state index < -0.39 is 4.92 Å². The molecule has 1 saturated carbocycles. The Morgan fingerprint density at radius 3 is 2.55 bits per heavy atom. The van der Waals surface area contributed by atoms with Crippen LogP contribution in [0, 0.1) is 21.4 Å². The Labute approximate surface area is 129 Å². The summed E-state index contributed by atoms with van der Waals surface area (Å²) in [5.41, 5.74) is 4.08. The van der Waals surface area contributed by atoms with Gasteiger partial charge in [-0.05, 0) is 42.7 Å². The minimum absolute atomic E-state index is 0.0364. The van der Waals surface area contributed by atoms with Gasteiger partial charge in [0.25, 0.3) is 11.6 Å². The maximum atomic E-state index is 12.0. The van der Waals surface area contributed by atoms with Crippen LogP contribution in [-0.2, 0) is 0 Å². The number of rotatable bonds is 3. The van der Waals surface area contributed by atoms with Gasteiger partial charge in [0.05, 0.1) is 4.92 Å². The van der Waals surface area contributed by atoms with E-state index in [0.29, 0.717) is 11.5 Å². The molecule has 118 valence electrons. The molecule has 0 aromatic heterocycles. The zero-order valence-electron chi connectivity index (χ0n) is 13.1. The molecular formula is C16H21N3O3. The van der Waals surface area contributed by atoms with Gasteiger partial charge in [0.1, 0.15) is 0 Å². The molecule has 2 rings (SSSR count). The fraction of sp³-hybridized carbons (Fsp3) is 0.500. The van der Waals surface area contributed by atoms with E-state index in [1.54, 1.807) is 0 Å². The van der Waals surface area contributed by atoms with Crippen molar-refractivity contribution < 1.29 is 9.72 Å². The SMILES string of the molecule is CC1C/C(=N/NC(=O)c2ccc([N+](=O)[O-])cc2)CC(C)(C)C1. The first-order chi connectivity index (χ1) is 10.3. The number of non-ortho nitro benzene ring substituents is 1. The summed E-state index contributed by atoms with van der Waals surface area (Å²) in [4.78, 5) is 22.1. The maximum absolute atomic E-state index is 12.0. The summed E-state index contributed by atoms with van der Waals surface area (Å²) in [6.45, 7) is 6.60. The minimum atomic E-state index is -0.493. The highest BCUT2D eigenvalue weighted by molar-refractivity contribution is 5.95. The standard InChI is InChI=1S/C16H21N3O3/c1-11-8-13(10-16(2,3)9-11)17-18-15(20)12-4-6-14(7-5-12)19(21)22/h4-7,11H,8-10H2,1-3H3,(H,18,20)/b17-13-. The first-order valence-electron chi connectivity index (χ1n) is 7.37. The fourth-order valence-corrected chi connectivity index (χ4v) is 3.13. The summed E-state index contributed by atoms with van der Waals surface area (Å²) in [6, 6.07) is 5.49. The zero-order valence-corrected chi connectivity index (χ0v) is 13.1. The number of benzene rings is 1. The van der Waals surface area contributed by atoms with Crippen LogP contribution in [0.4, 0.5) is 5.69 Å². The van der Waals surface area contributed by atoms with Gasteiger partial charge in [-0.1, -0.05) is 20.8 Å². The van der Waals surface area contributed by atoms with Gasteiger partial charge in [0.15, 0.2) is 0 Å². The number of hydrazone groups is 1. The quantitative estimate of drug-likeness (QED) is 0.684. The van der Waals surface area contributed by atoms with Crippen molar-refractivity contribution in [2.75, 3.05) is 0 Å². The van der Waals surface area contributed by atoms with Gasteiger partial charge in [-0.25, -0.2) is 5.43 Å². The van der Waals surface area contributed by atoms with Crippen LogP contribution in [0.2, 0.25) is 0 Å². The number of nitrogens with one attached hydrogen (secondary N) is 1. The molecule has 1 amide bonds. The number of amides is 1. The fourth-order valence-electron chi connectivity index (χ4n) is 3.13. The van der Waals surface area contributed by atoms with E-state index in [0.717, 1.165) is 25.0 Å². The molecule has 1 aliphatic carbocycles. The number of nitrogens with zero attached hydrogens (tertiary/aromatic N) is 2. The summed E-state index contributed by atoms with van der Waals surface area (Å²) in [5, 5.41) is 14.8. The molecule has 1 aromatic rings. The molecule has 0 bridgehead atoms. The summed E-state index contributed by atoms with van der Waals surface area (Å²) in [6.07, 6.45) is 2.92. The first-order valence-corrected chi connectivity index (χ1v) is 7.37. The third-order valence-electron chi connectivity index (χ3n) is 3.82. The predicted octanol–water partition coefficient (Wildman–Crippen LogP) is 3.53. The van der Waals surface area contributed by atoms with Crippen molar-refractivity contribution in [2.24, 2.45) is 16.4 Å². The molecule has 6 nitrogen and oxygen atoms in total. The second-order valence-electron chi connectivity index (χ2n) is 6.78. The lowest BCUT2D eigenvalue weighted by Gasteiger charge is -2.34. The maximum Gasteiger partial charge on any atom is 0.271 e. The van der Waals surface area contributed by atoms with Crippen LogP contribution in [0.5, 0.6) is 0 Å². The highest BCUT2D eigenvalue weighted by Gasteiger charge is 2.29. The van der Waals surface area contributed by atoms with Crippen LogP contribution in [0.15, 0.2) is 29.4 Å². The van der Waals surface area contributed by atoms with Crippen molar-refractivity contribution >= 4 is 17.3 Å². The van der Waals surface area contributed by atoms with E-state index >= 15 is 0 Å². The average Bonchev–Trinajstić information content (AvgIpc) is 2.42. The Kier molecular flexibility index (Phi) is 4.59. The molecule has 1 fully saturated rings. The van der Waals surface area contributed by atoms with Gasteiger partial charge in [-0.15, -0.1) is 0 Å². The lowest BCUT2D eigenvalue weighted by molar-refractivity contribution is -0.384. The van der Waals surface area contributed by atoms with Gasteiger partial charge in [-0.2, -0.15) is 5.10 Å². The molecule has 22 heavy (non-hydrogen) atoms. The number of hydrogen-bond acceptors (Lipinski definition) is 4. The van der Waals surface area contributed by atoms with Crippen molar-refractivity contribution in [3.63, 3.8) is 0 Å². The molecule has 1 atom stereocenters. The first kappa shape index (κ1) is 16.1. The molecule has 0 heterocycles. The predicted molar refractivity (Wildman–Crippen MR) is 84.8 cm³/mol. The summed E-state index contributed by atoms with van der Waals surface area (Å²) in [7, 11) is 0. The van der Waals surface area contributed by atoms with Gasteiger partial charge in [0.2, 0.25) is 0 Å². The van der Waals surface area contributed by atoms with Crippen molar-refractivity contribution in [3.05, 3.63) is 39.9 Å². The normalized spacial score (nSPS) is 22.3. The molecule has 0 saturated heterocycles. The number of carbonyl (C=O) groups excluding carboxylic acids is 1. The highest BCUT2D eigenvalue weighted by atomic mass is 16.6. The largest absolute Gasteiger partial charge is 0.271 e. The molecular weight excluding hydrogens is 282 g/mol. The molecule has 0 aliphatic heterocycles. The molecule has 6 heteroatoms. The number of carbonyl (C=O) groups is 1. The van der Waals surface area contributed by atoms with E-state index in [1.807, 2.05) is 0 Å². The third-order valence-corrected chi connectivity index (χ3v) is 3.82. The molecule has 0 spiro atoms. The third kappa shape index (κ3) is 4.13. The Morgan fingerprint density at radius 2 is 2.00 bits per heavy atom. The lowest BCUT2D eigenvalue weighted by Crippen LogP contribution is -2.30. The van der Waals surface area contributed by atoms with Crippen molar-refractivity contribution in [2.45, 2.75) is 40.0 Å². The monoisotopic (exact) mass is 303 g/mol. The summed E-state index contributed by atoms with van der Waals surface area (Å²) < 4.78 is 0. The number of hydrogen-bond donors (Lipinski definition) is 1. The molecule has 0 radical (unpaired) electrons. The van der Waals surface area contributed by atoms with Gasteiger partial charge in [-0.3, -0.25) is 14.9 Å². The van der Waals surface area contributed by atoms with E-state index in [2.05, 4.69) is 31.3 Å². The van der Waals surface area contributed by atoms with Gasteiger partial charge >= 0.3 is 0 Å². The molecule has 1 aromatic carbocycles. The minimum Gasteiger partial charge on any atom is -0.267 e. The van der Waals surface area contributed by atoms with Gasteiger partial charge in [0, 0.05) is 23.4 Å². The van der Waals surface area contributed by atoms with Crippen molar-refractivity contribution in [1.29, 1.82) is 0 Å². The van der Waals surface area contributed by atoms with Crippen LogP contribution in [-0.4, -0.2) is 16.5 Å². The topological polar surface area (TPSA) is 84.6 Å². The second kappa shape index (κ2) is 6.25. The smallest absolute Gasteiger partial charge is 0.267 e. The van der Waals surface area contributed by atoms with E-state index in [-0.39, 0.29) is 17.0 Å². The summed E-state index contributed by atoms with van der Waals surface area (Å²) >= 11 is 0. The van der Waals surface area contributed by atoms with Crippen LogP contribution in [0.3, 0.4) is 0 Å². The molecule has 1 N–H and O–H groups in total. The van der Waals surface area contributed by atoms with E-state index in [4.69, 9.17) is 0 Å². The highest BCUT2D eigenvalue weighted by Crippen LogP contribution is 2.36. The molecule has 1 unspecified atom stereocenters. The van der Waals surface area contributed by atoms with Crippen LogP contribution >= 0.6 is 0 Å². The van der Waals surface area contributed by atoms with Gasteiger partial charge < -0.3 is 0 Å². The van der Waals surface area contributed by atoms with Crippen LogP contribution in [0.1, 0.15) is 50.4 Å². The Balaban J connectivity index is 2.02. The van der Waals surface area contributed by atoms with Crippen molar-refractivity contribution in [3.8, 4) is 0 Å². The zero-order chi connectivity index (χ0) is 16.3. The number of nitro benzene ring substituents is 1. The number of nitro groups is 1. The average molecular weight is 303 g/mol. The Bertz CT molecular complexity index is 606. The Morgan fingerprint density at radius 1 is 1.36 bits per heavy atom. The lowest BCUT2D eigenvalue weighted by atomic mass is 9.72. The van der Waals surface area contributed by atoms with Crippen LogP contribution < -0.4 is 5.43 Å². The summed E-state index contributed by atoms with van der Waals surface area (Å²) in [5.74, 6) is 0.206. The Hall–Kier alpha value is -2.24. The second-order valence-corrected chi connectivity index (χ2v) is 6.78. The molecule has 1 aliphatic rings. The van der Waals surface area contributed by atoms with E-state index in [1.165, 1.54) is 24.3 Å². The van der Waals surface area contributed by atoms with Crippen molar-refractivity contribution in [1.82, 2.24) is 5.43 Å². The van der Waals surface area contributed by atoms with E-state index in [9.17, 15) is 14.9 Å².